The summed E-state index contributed by atoms with van der Waals surface area (Å²) < 4.78 is 1.97. The summed E-state index contributed by atoms with van der Waals surface area (Å²) in [5.74, 6) is 0.416. The van der Waals surface area contributed by atoms with Crippen LogP contribution in [0.3, 0.4) is 0 Å². The molecular weight excluding hydrogens is 350 g/mol. The average molecular weight is 380 g/mol. The number of aromatic nitrogens is 3. The molecule has 2 aromatic rings. The quantitative estimate of drug-likeness (QED) is 0.812. The van der Waals surface area contributed by atoms with E-state index in [9.17, 15) is 4.79 Å². The van der Waals surface area contributed by atoms with Crippen molar-refractivity contribution in [1.82, 2.24) is 25.0 Å². The predicted molar refractivity (Wildman–Crippen MR) is 109 cm³/mol. The standard InChI is InChI=1S/C22H29N5O/c1-26-20(14-21(25-26)18-8-5-11-23-15-18)16-27-12-9-19(10-13-27)24-22(28)17-6-3-2-4-7-17/h2-3,5,8,11,14-15,17,19H,4,6-7,9-10,12-13,16H2,1H3,(H,24,28). The second-order valence-electron chi connectivity index (χ2n) is 7.93. The van der Waals surface area contributed by atoms with Crippen LogP contribution in [0.5, 0.6) is 0 Å². The summed E-state index contributed by atoms with van der Waals surface area (Å²) >= 11 is 0. The molecule has 28 heavy (non-hydrogen) atoms. The highest BCUT2D eigenvalue weighted by Gasteiger charge is 2.25. The largest absolute Gasteiger partial charge is 0.353 e. The second-order valence-corrected chi connectivity index (χ2v) is 7.93. The monoisotopic (exact) mass is 379 g/mol. The third-order valence-corrected chi connectivity index (χ3v) is 5.89. The minimum absolute atomic E-state index is 0.170. The molecule has 1 unspecified atom stereocenters. The van der Waals surface area contributed by atoms with Crippen molar-refractivity contribution in [2.75, 3.05) is 13.1 Å². The van der Waals surface area contributed by atoms with E-state index < -0.39 is 0 Å². The molecule has 2 aliphatic rings. The summed E-state index contributed by atoms with van der Waals surface area (Å²) in [6.07, 6.45) is 12.9. The molecule has 1 N–H and O–H groups in total. The number of rotatable bonds is 5. The number of allylic oxidation sites excluding steroid dienone is 2. The normalized spacial score (nSPS) is 21.0. The molecule has 3 heterocycles. The number of hydrogen-bond donors (Lipinski definition) is 1. The van der Waals surface area contributed by atoms with E-state index in [2.05, 4.69) is 38.5 Å². The topological polar surface area (TPSA) is 63.1 Å². The Labute approximate surface area is 166 Å². The molecule has 0 radical (unpaired) electrons. The van der Waals surface area contributed by atoms with Gasteiger partial charge in [0.25, 0.3) is 0 Å². The molecule has 6 nitrogen and oxygen atoms in total. The molecule has 0 spiro atoms. The summed E-state index contributed by atoms with van der Waals surface area (Å²) in [5, 5.41) is 7.93. The fourth-order valence-electron chi connectivity index (χ4n) is 4.12. The SMILES string of the molecule is Cn1nc(-c2cccnc2)cc1CN1CCC(NC(=O)C2CC=CCC2)CC1. The first kappa shape index (κ1) is 18.9. The van der Waals surface area contributed by atoms with E-state index in [1.54, 1.807) is 6.20 Å². The van der Waals surface area contributed by atoms with Crippen LogP contribution in [-0.4, -0.2) is 44.7 Å². The van der Waals surface area contributed by atoms with Gasteiger partial charge >= 0.3 is 0 Å². The van der Waals surface area contributed by atoms with E-state index in [1.807, 2.05) is 30.1 Å². The number of nitrogens with one attached hydrogen (secondary N) is 1. The molecule has 6 heteroatoms. The smallest absolute Gasteiger partial charge is 0.223 e. The summed E-state index contributed by atoms with van der Waals surface area (Å²) in [6, 6.07) is 6.44. The Balaban J connectivity index is 1.28. The van der Waals surface area contributed by atoms with Crippen LogP contribution in [0.2, 0.25) is 0 Å². The summed E-state index contributed by atoms with van der Waals surface area (Å²) in [7, 11) is 2.00. The minimum Gasteiger partial charge on any atom is -0.353 e. The van der Waals surface area contributed by atoms with Gasteiger partial charge in [0, 0.05) is 56.6 Å². The molecule has 0 bridgehead atoms. The van der Waals surface area contributed by atoms with E-state index in [0.717, 1.165) is 63.0 Å². The molecular formula is C22H29N5O. The van der Waals surface area contributed by atoms with Crippen molar-refractivity contribution in [3.8, 4) is 11.3 Å². The van der Waals surface area contributed by atoms with Crippen molar-refractivity contribution in [3.63, 3.8) is 0 Å². The van der Waals surface area contributed by atoms with Crippen LogP contribution < -0.4 is 5.32 Å². The number of carbonyl (C=O) groups is 1. The van der Waals surface area contributed by atoms with Gasteiger partial charge in [-0.2, -0.15) is 5.10 Å². The van der Waals surface area contributed by atoms with Gasteiger partial charge in [-0.3, -0.25) is 19.4 Å². The maximum atomic E-state index is 12.4. The van der Waals surface area contributed by atoms with Crippen LogP contribution in [-0.2, 0) is 18.4 Å². The molecule has 1 aliphatic heterocycles. The molecule has 1 aliphatic carbocycles. The van der Waals surface area contributed by atoms with Gasteiger partial charge in [0.15, 0.2) is 0 Å². The Morgan fingerprint density at radius 3 is 2.82 bits per heavy atom. The Bertz CT molecular complexity index is 821. The van der Waals surface area contributed by atoms with Gasteiger partial charge in [-0.05, 0) is 50.3 Å². The summed E-state index contributed by atoms with van der Waals surface area (Å²) in [4.78, 5) is 19.1. The third kappa shape index (κ3) is 4.50. The Hall–Kier alpha value is -2.47. The number of hydrogen-bond acceptors (Lipinski definition) is 4. The Kier molecular flexibility index (Phi) is 5.86. The first-order valence-electron chi connectivity index (χ1n) is 10.3. The van der Waals surface area contributed by atoms with Crippen molar-refractivity contribution in [3.05, 3.63) is 48.4 Å². The zero-order chi connectivity index (χ0) is 19.3. The molecule has 1 amide bonds. The maximum Gasteiger partial charge on any atom is 0.223 e. The fourth-order valence-corrected chi connectivity index (χ4v) is 4.12. The zero-order valence-electron chi connectivity index (χ0n) is 16.6. The fraction of sp³-hybridized carbons (Fsp3) is 0.500. The van der Waals surface area contributed by atoms with Gasteiger partial charge in [0.2, 0.25) is 5.91 Å². The van der Waals surface area contributed by atoms with Crippen molar-refractivity contribution < 1.29 is 4.79 Å². The van der Waals surface area contributed by atoms with Crippen LogP contribution in [0.4, 0.5) is 0 Å². The van der Waals surface area contributed by atoms with Crippen LogP contribution in [0.1, 0.15) is 37.8 Å². The zero-order valence-corrected chi connectivity index (χ0v) is 16.6. The van der Waals surface area contributed by atoms with E-state index in [0.29, 0.717) is 6.04 Å². The highest BCUT2D eigenvalue weighted by atomic mass is 16.1. The van der Waals surface area contributed by atoms with Gasteiger partial charge < -0.3 is 5.32 Å². The third-order valence-electron chi connectivity index (χ3n) is 5.89. The van der Waals surface area contributed by atoms with Crippen LogP contribution in [0.15, 0.2) is 42.7 Å². The molecule has 1 atom stereocenters. The van der Waals surface area contributed by atoms with Gasteiger partial charge in [-0.25, -0.2) is 0 Å². The van der Waals surface area contributed by atoms with Gasteiger partial charge in [0.1, 0.15) is 0 Å². The number of aryl methyl sites for hydroxylation is 1. The Morgan fingerprint density at radius 1 is 1.25 bits per heavy atom. The summed E-state index contributed by atoms with van der Waals surface area (Å²) in [5.41, 5.74) is 3.22. The lowest BCUT2D eigenvalue weighted by molar-refractivity contribution is -0.126. The molecule has 4 rings (SSSR count). The first-order valence-corrected chi connectivity index (χ1v) is 10.3. The minimum atomic E-state index is 0.170. The lowest BCUT2D eigenvalue weighted by Crippen LogP contribution is -2.46. The molecule has 2 aromatic heterocycles. The average Bonchev–Trinajstić information content (AvgIpc) is 3.11. The number of nitrogens with zero attached hydrogens (tertiary/aromatic N) is 4. The van der Waals surface area contributed by atoms with Crippen LogP contribution in [0.25, 0.3) is 11.3 Å². The van der Waals surface area contributed by atoms with Crippen molar-refractivity contribution in [1.29, 1.82) is 0 Å². The number of pyridine rings is 1. The number of amides is 1. The highest BCUT2D eigenvalue weighted by molar-refractivity contribution is 5.79. The Morgan fingerprint density at radius 2 is 2.11 bits per heavy atom. The van der Waals surface area contributed by atoms with E-state index in [-0.39, 0.29) is 11.8 Å². The molecule has 0 aromatic carbocycles. The van der Waals surface area contributed by atoms with E-state index in [1.165, 1.54) is 5.69 Å². The summed E-state index contributed by atoms with van der Waals surface area (Å²) in [6.45, 7) is 2.89. The molecule has 1 saturated heterocycles. The van der Waals surface area contributed by atoms with Crippen molar-refractivity contribution >= 4 is 5.91 Å². The second kappa shape index (κ2) is 8.69. The van der Waals surface area contributed by atoms with Gasteiger partial charge in [0.05, 0.1) is 11.4 Å². The lowest BCUT2D eigenvalue weighted by atomic mass is 9.93. The lowest BCUT2D eigenvalue weighted by Gasteiger charge is -2.33. The number of carbonyl (C=O) groups excluding carboxylic acids is 1. The van der Waals surface area contributed by atoms with Crippen LogP contribution >= 0.6 is 0 Å². The van der Waals surface area contributed by atoms with E-state index in [4.69, 9.17) is 0 Å². The van der Waals surface area contributed by atoms with Crippen molar-refractivity contribution in [2.45, 2.75) is 44.7 Å². The number of likely N-dealkylation sites (tertiary alicyclic amines) is 1. The molecule has 148 valence electrons. The number of piperidine rings is 1. The highest BCUT2D eigenvalue weighted by Crippen LogP contribution is 2.21. The molecule has 0 saturated carbocycles. The van der Waals surface area contributed by atoms with Gasteiger partial charge in [-0.1, -0.05) is 12.2 Å². The predicted octanol–water partition coefficient (Wildman–Crippen LogP) is 2.92. The van der Waals surface area contributed by atoms with Crippen molar-refractivity contribution in [2.24, 2.45) is 13.0 Å². The van der Waals surface area contributed by atoms with Gasteiger partial charge in [-0.15, -0.1) is 0 Å². The van der Waals surface area contributed by atoms with Crippen LogP contribution in [0, 0.1) is 5.92 Å². The first-order chi connectivity index (χ1) is 13.7. The maximum absolute atomic E-state index is 12.4. The molecule has 1 fully saturated rings. The van der Waals surface area contributed by atoms with E-state index >= 15 is 0 Å².